The summed E-state index contributed by atoms with van der Waals surface area (Å²) in [5.74, 6) is -0.0390. The van der Waals surface area contributed by atoms with Gasteiger partial charge in [0.2, 0.25) is 0 Å². The number of carbonyl (C=O) groups excluding carboxylic acids is 1. The maximum Gasteiger partial charge on any atom is 0.168 e. The van der Waals surface area contributed by atoms with Gasteiger partial charge < -0.3 is 5.32 Å². The Morgan fingerprint density at radius 3 is 1.83 bits per heavy atom. The molecule has 2 nitrogen and oxygen atoms in total. The van der Waals surface area contributed by atoms with Crippen LogP contribution in [-0.2, 0) is 0 Å². The molecule has 0 saturated carbocycles. The SMILES string of the molecule is C[C@@H](C(=O)c1ccccc1)[C@H](Nc1ccccc1)c1ccccc1. The summed E-state index contributed by atoms with van der Waals surface area (Å²) >= 11 is 0. The Kier molecular flexibility index (Phi) is 5.07. The summed E-state index contributed by atoms with van der Waals surface area (Å²) in [7, 11) is 0. The van der Waals surface area contributed by atoms with Crippen LogP contribution in [0.25, 0.3) is 0 Å². The zero-order valence-electron chi connectivity index (χ0n) is 13.7. The van der Waals surface area contributed by atoms with E-state index in [4.69, 9.17) is 0 Å². The molecule has 0 bridgehead atoms. The second-order valence-electron chi connectivity index (χ2n) is 5.92. The molecule has 0 aliphatic rings. The number of ketones is 1. The maximum atomic E-state index is 12.9. The molecule has 2 heteroatoms. The zero-order valence-corrected chi connectivity index (χ0v) is 13.7. The van der Waals surface area contributed by atoms with Gasteiger partial charge in [0, 0.05) is 17.2 Å². The van der Waals surface area contributed by atoms with E-state index in [1.54, 1.807) is 0 Å². The van der Waals surface area contributed by atoms with Crippen molar-refractivity contribution >= 4 is 11.5 Å². The average Bonchev–Trinajstić information content (AvgIpc) is 2.67. The fourth-order valence-corrected chi connectivity index (χ4v) is 2.89. The Bertz CT molecular complexity index is 769. The highest BCUT2D eigenvalue weighted by atomic mass is 16.1. The first-order valence-corrected chi connectivity index (χ1v) is 8.21. The molecule has 0 unspecified atom stereocenters. The van der Waals surface area contributed by atoms with Crippen molar-refractivity contribution in [2.45, 2.75) is 13.0 Å². The predicted octanol–water partition coefficient (Wildman–Crippen LogP) is 5.36. The van der Waals surface area contributed by atoms with E-state index in [0.29, 0.717) is 0 Å². The monoisotopic (exact) mass is 315 g/mol. The van der Waals surface area contributed by atoms with Crippen LogP contribution in [0.2, 0.25) is 0 Å². The molecule has 3 aromatic carbocycles. The molecule has 3 rings (SSSR count). The zero-order chi connectivity index (χ0) is 16.8. The number of hydrogen-bond acceptors (Lipinski definition) is 2. The molecule has 0 amide bonds. The second-order valence-corrected chi connectivity index (χ2v) is 5.92. The van der Waals surface area contributed by atoms with Gasteiger partial charge in [-0.25, -0.2) is 0 Å². The van der Waals surface area contributed by atoms with Crippen LogP contribution < -0.4 is 5.32 Å². The lowest BCUT2D eigenvalue weighted by Crippen LogP contribution is -2.25. The quantitative estimate of drug-likeness (QED) is 0.620. The van der Waals surface area contributed by atoms with Crippen LogP contribution in [0.15, 0.2) is 91.0 Å². The summed E-state index contributed by atoms with van der Waals surface area (Å²) < 4.78 is 0. The molecule has 0 fully saturated rings. The number of nitrogens with one attached hydrogen (secondary N) is 1. The fourth-order valence-electron chi connectivity index (χ4n) is 2.89. The maximum absolute atomic E-state index is 12.9. The van der Waals surface area contributed by atoms with Crippen LogP contribution in [0.4, 0.5) is 5.69 Å². The molecule has 2 atom stereocenters. The highest BCUT2D eigenvalue weighted by molar-refractivity contribution is 5.98. The standard InChI is InChI=1S/C22H21NO/c1-17(22(24)19-13-7-3-8-14-19)21(18-11-5-2-6-12-18)23-20-15-9-4-10-16-20/h2-17,21,23H,1H3/t17-,21+/m1/s1. The lowest BCUT2D eigenvalue weighted by molar-refractivity contribution is 0.0917. The van der Waals surface area contributed by atoms with Crippen molar-refractivity contribution in [2.75, 3.05) is 5.32 Å². The molecule has 0 saturated heterocycles. The van der Waals surface area contributed by atoms with Crippen LogP contribution in [0, 0.1) is 5.92 Å². The minimum atomic E-state index is -0.185. The van der Waals surface area contributed by atoms with E-state index in [-0.39, 0.29) is 17.7 Å². The van der Waals surface area contributed by atoms with E-state index in [0.717, 1.165) is 16.8 Å². The van der Waals surface area contributed by atoms with Gasteiger partial charge >= 0.3 is 0 Å². The van der Waals surface area contributed by atoms with E-state index >= 15 is 0 Å². The van der Waals surface area contributed by atoms with Crippen molar-refractivity contribution in [3.05, 3.63) is 102 Å². The highest BCUT2D eigenvalue weighted by Gasteiger charge is 2.26. The number of para-hydroxylation sites is 1. The van der Waals surface area contributed by atoms with Crippen molar-refractivity contribution < 1.29 is 4.79 Å². The number of hydrogen-bond donors (Lipinski definition) is 1. The van der Waals surface area contributed by atoms with Crippen molar-refractivity contribution in [1.29, 1.82) is 0 Å². The van der Waals surface area contributed by atoms with Crippen LogP contribution >= 0.6 is 0 Å². The molecule has 0 aliphatic heterocycles. The van der Waals surface area contributed by atoms with Gasteiger partial charge in [0.25, 0.3) is 0 Å². The molecule has 0 heterocycles. The smallest absolute Gasteiger partial charge is 0.168 e. The minimum absolute atomic E-state index is 0.0821. The van der Waals surface area contributed by atoms with Crippen molar-refractivity contribution in [3.8, 4) is 0 Å². The number of rotatable bonds is 6. The van der Waals surface area contributed by atoms with Crippen LogP contribution in [0.1, 0.15) is 28.9 Å². The van der Waals surface area contributed by atoms with Gasteiger partial charge in [-0.05, 0) is 17.7 Å². The molecule has 1 N–H and O–H groups in total. The molecule has 3 aromatic rings. The second kappa shape index (κ2) is 7.60. The Morgan fingerprint density at radius 1 is 0.750 bits per heavy atom. The lowest BCUT2D eigenvalue weighted by atomic mass is 9.88. The number of benzene rings is 3. The molecule has 0 aliphatic carbocycles. The van der Waals surface area contributed by atoms with Crippen molar-refractivity contribution in [3.63, 3.8) is 0 Å². The summed E-state index contributed by atoms with van der Waals surface area (Å²) in [6.07, 6.45) is 0. The normalized spacial score (nSPS) is 13.0. The van der Waals surface area contributed by atoms with Gasteiger partial charge in [0.15, 0.2) is 5.78 Å². The summed E-state index contributed by atoms with van der Waals surface area (Å²) in [4.78, 5) is 12.9. The van der Waals surface area contributed by atoms with Gasteiger partial charge in [-0.1, -0.05) is 85.8 Å². The number of carbonyl (C=O) groups is 1. The van der Waals surface area contributed by atoms with E-state index in [1.807, 2.05) is 85.8 Å². The van der Waals surface area contributed by atoms with E-state index < -0.39 is 0 Å². The van der Waals surface area contributed by atoms with Gasteiger partial charge in [-0.15, -0.1) is 0 Å². The third-order valence-corrected chi connectivity index (χ3v) is 4.23. The van der Waals surface area contributed by atoms with Crippen molar-refractivity contribution in [2.24, 2.45) is 5.92 Å². The molecule has 0 radical (unpaired) electrons. The lowest BCUT2D eigenvalue weighted by Gasteiger charge is -2.26. The molecule has 24 heavy (non-hydrogen) atoms. The fraction of sp³-hybridized carbons (Fsp3) is 0.136. The van der Waals surface area contributed by atoms with Crippen LogP contribution in [0.5, 0.6) is 0 Å². The van der Waals surface area contributed by atoms with Gasteiger partial charge in [-0.3, -0.25) is 4.79 Å². The molecule has 120 valence electrons. The predicted molar refractivity (Wildman–Crippen MR) is 99.2 cm³/mol. The van der Waals surface area contributed by atoms with Gasteiger partial charge in [0.05, 0.1) is 6.04 Å². The highest BCUT2D eigenvalue weighted by Crippen LogP contribution is 2.29. The average molecular weight is 315 g/mol. The Labute approximate surface area is 143 Å². The molecular weight excluding hydrogens is 294 g/mol. The van der Waals surface area contributed by atoms with E-state index in [1.165, 1.54) is 0 Å². The molecular formula is C22H21NO. The summed E-state index contributed by atoms with van der Waals surface area (Å²) in [6, 6.07) is 29.6. The van der Waals surface area contributed by atoms with Crippen LogP contribution in [0.3, 0.4) is 0 Å². The third kappa shape index (κ3) is 3.72. The summed E-state index contributed by atoms with van der Waals surface area (Å²) in [6.45, 7) is 1.99. The van der Waals surface area contributed by atoms with Crippen molar-refractivity contribution in [1.82, 2.24) is 0 Å². The Hall–Kier alpha value is -2.87. The third-order valence-electron chi connectivity index (χ3n) is 4.23. The summed E-state index contributed by atoms with van der Waals surface area (Å²) in [5, 5.41) is 3.52. The van der Waals surface area contributed by atoms with Gasteiger partial charge in [-0.2, -0.15) is 0 Å². The molecule has 0 aromatic heterocycles. The number of anilines is 1. The molecule has 0 spiro atoms. The minimum Gasteiger partial charge on any atom is -0.378 e. The van der Waals surface area contributed by atoms with Crippen LogP contribution in [-0.4, -0.2) is 5.78 Å². The Morgan fingerprint density at radius 2 is 1.25 bits per heavy atom. The number of Topliss-reactive ketones (excluding diaryl/α,β-unsaturated/α-hetero) is 1. The van der Waals surface area contributed by atoms with Gasteiger partial charge in [0.1, 0.15) is 0 Å². The Balaban J connectivity index is 1.90. The summed E-state index contributed by atoms with van der Waals surface area (Å²) in [5.41, 5.74) is 2.87. The van der Waals surface area contributed by atoms with E-state index in [9.17, 15) is 4.79 Å². The first kappa shape index (κ1) is 16.0. The topological polar surface area (TPSA) is 29.1 Å². The first-order valence-electron chi connectivity index (χ1n) is 8.21. The van der Waals surface area contributed by atoms with E-state index in [2.05, 4.69) is 17.4 Å². The first-order chi connectivity index (χ1) is 11.8. The largest absolute Gasteiger partial charge is 0.378 e.